The lowest BCUT2D eigenvalue weighted by atomic mass is 10.3. The Morgan fingerprint density at radius 1 is 0.692 bits per heavy atom. The monoisotopic (exact) mass is 442 g/mol. The van der Waals surface area contributed by atoms with Crippen LogP contribution in [0.5, 0.6) is 5.75 Å². The Bertz CT molecular complexity index is 896. The number of anilines is 2. The van der Waals surface area contributed by atoms with Crippen molar-refractivity contribution in [3.8, 4) is 5.75 Å². The van der Waals surface area contributed by atoms with E-state index in [0.29, 0.717) is 20.8 Å². The summed E-state index contributed by atoms with van der Waals surface area (Å²) in [6, 6.07) is 22.2. The van der Waals surface area contributed by atoms with Crippen LogP contribution in [0.3, 0.4) is 0 Å². The van der Waals surface area contributed by atoms with E-state index < -0.39 is 6.57 Å². The van der Waals surface area contributed by atoms with Crippen LogP contribution in [0.4, 0.5) is 11.4 Å². The normalized spacial score (nSPS) is 11.0. The van der Waals surface area contributed by atoms with Gasteiger partial charge >= 0.3 is 0 Å². The van der Waals surface area contributed by atoms with Gasteiger partial charge in [-0.05, 0) is 42.1 Å². The molecule has 0 atom stereocenters. The van der Waals surface area contributed by atoms with Crippen LogP contribution in [-0.2, 0) is 11.8 Å². The number of hydrogen-bond acceptors (Lipinski definition) is 2. The molecule has 0 unspecified atom stereocenters. The predicted molar refractivity (Wildman–Crippen MR) is 117 cm³/mol. The molecule has 3 nitrogen and oxygen atoms in total. The predicted octanol–water partition coefficient (Wildman–Crippen LogP) is 7.47. The first-order valence-electron chi connectivity index (χ1n) is 7.56. The molecule has 0 aliphatic heterocycles. The first-order chi connectivity index (χ1) is 12.5. The molecular formula is C18H14Cl3N2OPS. The number of halogens is 3. The molecule has 0 heterocycles. The molecule has 3 aromatic rings. The summed E-state index contributed by atoms with van der Waals surface area (Å²) in [6.07, 6.45) is 0. The van der Waals surface area contributed by atoms with Crippen molar-refractivity contribution >= 4 is 64.6 Å². The van der Waals surface area contributed by atoms with E-state index >= 15 is 0 Å². The van der Waals surface area contributed by atoms with Gasteiger partial charge in [-0.2, -0.15) is 0 Å². The SMILES string of the molecule is S=P(Nc1ccccc1)(Nc1ccccc1)Oc1cc(Cl)c(Cl)cc1Cl. The molecule has 134 valence electrons. The molecule has 0 fully saturated rings. The number of para-hydroxylation sites is 2. The number of hydrogen-bond donors (Lipinski definition) is 2. The van der Waals surface area contributed by atoms with Gasteiger partial charge in [0.25, 0.3) is 6.57 Å². The molecule has 0 bridgehead atoms. The highest BCUT2D eigenvalue weighted by Gasteiger charge is 2.22. The molecule has 0 saturated heterocycles. The second-order valence-corrected chi connectivity index (χ2v) is 9.79. The summed E-state index contributed by atoms with van der Waals surface area (Å²) in [5.41, 5.74) is 1.66. The lowest BCUT2D eigenvalue weighted by Crippen LogP contribution is -2.12. The van der Waals surface area contributed by atoms with Crippen LogP contribution in [-0.4, -0.2) is 0 Å². The van der Waals surface area contributed by atoms with Crippen LogP contribution < -0.4 is 14.7 Å². The first-order valence-corrected chi connectivity index (χ1v) is 11.4. The van der Waals surface area contributed by atoms with Crippen molar-refractivity contribution in [1.82, 2.24) is 0 Å². The zero-order chi connectivity index (χ0) is 18.6. The van der Waals surface area contributed by atoms with E-state index in [0.717, 1.165) is 11.4 Å². The Hall–Kier alpha value is -1.42. The molecule has 0 aliphatic carbocycles. The van der Waals surface area contributed by atoms with Gasteiger partial charge in [-0.1, -0.05) is 71.2 Å². The molecule has 0 aromatic heterocycles. The maximum Gasteiger partial charge on any atom is 0.299 e. The third-order valence-corrected chi connectivity index (χ3v) is 6.65. The topological polar surface area (TPSA) is 33.3 Å². The van der Waals surface area contributed by atoms with Crippen LogP contribution in [0.1, 0.15) is 0 Å². The van der Waals surface area contributed by atoms with Crippen molar-refractivity contribution in [3.05, 3.63) is 87.9 Å². The molecule has 2 N–H and O–H groups in total. The van der Waals surface area contributed by atoms with Gasteiger partial charge < -0.3 is 14.7 Å². The van der Waals surface area contributed by atoms with Crippen molar-refractivity contribution in [2.24, 2.45) is 0 Å². The molecule has 3 aromatic carbocycles. The molecule has 0 amide bonds. The third kappa shape index (κ3) is 5.06. The Kier molecular flexibility index (Phi) is 6.33. The standard InChI is InChI=1S/C18H14Cl3N2OPS/c19-15-11-17(21)18(12-16(15)20)24-25(26,22-13-7-3-1-4-8-13)23-14-9-5-2-6-10-14/h1-12H,(H2,22,23,26). The zero-order valence-corrected chi connectivity index (χ0v) is 17.3. The smallest absolute Gasteiger partial charge is 0.299 e. The highest BCUT2D eigenvalue weighted by atomic mass is 35.5. The minimum Gasteiger partial charge on any atom is -0.432 e. The summed E-state index contributed by atoms with van der Waals surface area (Å²) in [5, 5.41) is 7.57. The van der Waals surface area contributed by atoms with E-state index in [1.54, 1.807) is 6.07 Å². The molecule has 0 spiro atoms. The largest absolute Gasteiger partial charge is 0.432 e. The van der Waals surface area contributed by atoms with Crippen molar-refractivity contribution < 1.29 is 4.52 Å². The maximum atomic E-state index is 6.26. The second kappa shape index (κ2) is 8.51. The average Bonchev–Trinajstić information content (AvgIpc) is 2.61. The summed E-state index contributed by atoms with van der Waals surface area (Å²) < 4.78 is 6.11. The molecule has 3 rings (SSSR count). The Morgan fingerprint density at radius 2 is 1.15 bits per heavy atom. The van der Waals surface area contributed by atoms with Gasteiger partial charge in [0, 0.05) is 17.4 Å². The highest BCUT2D eigenvalue weighted by molar-refractivity contribution is 8.13. The van der Waals surface area contributed by atoms with Crippen molar-refractivity contribution in [1.29, 1.82) is 0 Å². The fourth-order valence-electron chi connectivity index (χ4n) is 2.15. The molecule has 8 heteroatoms. The van der Waals surface area contributed by atoms with E-state index in [4.69, 9.17) is 51.1 Å². The highest BCUT2D eigenvalue weighted by Crippen LogP contribution is 2.49. The average molecular weight is 444 g/mol. The van der Waals surface area contributed by atoms with Gasteiger partial charge in [0.05, 0.1) is 15.1 Å². The number of rotatable bonds is 6. The van der Waals surface area contributed by atoms with Gasteiger partial charge in [-0.25, -0.2) is 0 Å². The molecular weight excluding hydrogens is 430 g/mol. The van der Waals surface area contributed by atoms with Crippen molar-refractivity contribution in [2.45, 2.75) is 0 Å². The van der Waals surface area contributed by atoms with E-state index in [9.17, 15) is 0 Å². The van der Waals surface area contributed by atoms with E-state index in [1.165, 1.54) is 6.07 Å². The summed E-state index contributed by atoms with van der Waals surface area (Å²) >= 11 is 24.2. The summed E-state index contributed by atoms with van der Waals surface area (Å²) in [6.45, 7) is -2.80. The fraction of sp³-hybridized carbons (Fsp3) is 0. The zero-order valence-electron chi connectivity index (χ0n) is 13.3. The summed E-state index contributed by atoms with van der Waals surface area (Å²) in [7, 11) is 0. The quantitative estimate of drug-likeness (QED) is 0.306. The van der Waals surface area contributed by atoms with E-state index in [1.807, 2.05) is 60.7 Å². The Morgan fingerprint density at radius 3 is 1.65 bits per heavy atom. The molecule has 0 saturated carbocycles. The fourth-order valence-corrected chi connectivity index (χ4v) is 5.21. The minimum atomic E-state index is -2.80. The van der Waals surface area contributed by atoms with Gasteiger partial charge in [-0.15, -0.1) is 0 Å². The number of nitrogens with one attached hydrogen (secondary N) is 2. The van der Waals surface area contributed by atoms with E-state index in [-0.39, 0.29) is 0 Å². The lowest BCUT2D eigenvalue weighted by Gasteiger charge is -2.27. The van der Waals surface area contributed by atoms with Gasteiger partial charge in [0.15, 0.2) is 0 Å². The van der Waals surface area contributed by atoms with Crippen LogP contribution in [0.15, 0.2) is 72.8 Å². The lowest BCUT2D eigenvalue weighted by molar-refractivity contribution is 0.620. The number of benzene rings is 3. The van der Waals surface area contributed by atoms with Crippen LogP contribution in [0, 0.1) is 0 Å². The second-order valence-electron chi connectivity index (χ2n) is 5.30. The van der Waals surface area contributed by atoms with Gasteiger partial charge in [0.1, 0.15) is 5.75 Å². The molecule has 0 aliphatic rings. The summed E-state index contributed by atoms with van der Waals surface area (Å²) in [4.78, 5) is 0. The summed E-state index contributed by atoms with van der Waals surface area (Å²) in [5.74, 6) is 0.358. The third-order valence-electron chi connectivity index (χ3n) is 3.30. The van der Waals surface area contributed by atoms with Gasteiger partial charge in [-0.3, -0.25) is 0 Å². The minimum absolute atomic E-state index is 0.332. The van der Waals surface area contributed by atoms with Crippen LogP contribution >= 0.6 is 41.4 Å². The molecule has 0 radical (unpaired) electrons. The molecule has 26 heavy (non-hydrogen) atoms. The van der Waals surface area contributed by atoms with Crippen molar-refractivity contribution in [2.75, 3.05) is 10.2 Å². The Balaban J connectivity index is 1.95. The van der Waals surface area contributed by atoms with Gasteiger partial charge in [0.2, 0.25) is 0 Å². The first kappa shape index (κ1) is 19.3. The Labute approximate surface area is 172 Å². The maximum absolute atomic E-state index is 6.26. The van der Waals surface area contributed by atoms with E-state index in [2.05, 4.69) is 10.2 Å². The van der Waals surface area contributed by atoms with Crippen LogP contribution in [0.25, 0.3) is 0 Å². The van der Waals surface area contributed by atoms with Crippen LogP contribution in [0.2, 0.25) is 15.1 Å². The van der Waals surface area contributed by atoms with Crippen molar-refractivity contribution in [3.63, 3.8) is 0 Å².